The van der Waals surface area contributed by atoms with Crippen molar-refractivity contribution in [2.24, 2.45) is 0 Å². The zero-order chi connectivity index (χ0) is 25.2. The Morgan fingerprint density at radius 3 is 1.53 bits per heavy atom. The second kappa shape index (κ2) is 13.6. The maximum Gasteiger partial charge on any atom is 0.184 e. The topological polar surface area (TPSA) is 86.6 Å². The van der Waals surface area contributed by atoms with Gasteiger partial charge in [0.05, 0.1) is 26.4 Å². The maximum atomic E-state index is 11.0. The van der Waals surface area contributed by atoms with Gasteiger partial charge in [-0.25, -0.2) is 0 Å². The van der Waals surface area contributed by atoms with Crippen LogP contribution in [0.25, 0.3) is 0 Å². The largest absolute Gasteiger partial charge is 0.388 e. The fourth-order valence-corrected chi connectivity index (χ4v) is 4.28. The van der Waals surface area contributed by atoms with Gasteiger partial charge in [0.2, 0.25) is 0 Å². The Labute approximate surface area is 212 Å². The zero-order valence-corrected chi connectivity index (χ0v) is 20.4. The third-order valence-electron chi connectivity index (χ3n) is 6.12. The molecule has 0 bridgehead atoms. The van der Waals surface area contributed by atoms with Crippen molar-refractivity contribution in [3.05, 3.63) is 108 Å². The lowest BCUT2D eigenvalue weighted by Crippen LogP contribution is -2.63. The molecule has 1 heterocycles. The van der Waals surface area contributed by atoms with Crippen molar-refractivity contribution in [3.63, 3.8) is 0 Å². The minimum absolute atomic E-state index is 0.0174. The monoisotopic (exact) mass is 494 g/mol. The van der Waals surface area contributed by atoms with Crippen LogP contribution < -0.4 is 0 Å². The number of aliphatic hydroxyl groups excluding tert-OH is 2. The van der Waals surface area contributed by atoms with E-state index in [9.17, 15) is 10.2 Å². The molecule has 0 saturated carbocycles. The van der Waals surface area contributed by atoms with Crippen molar-refractivity contribution < 1.29 is 33.9 Å². The van der Waals surface area contributed by atoms with Crippen LogP contribution in [-0.4, -0.2) is 60.7 Å². The van der Waals surface area contributed by atoms with Gasteiger partial charge in [0.15, 0.2) is 6.29 Å². The van der Waals surface area contributed by atoms with Crippen molar-refractivity contribution in [1.29, 1.82) is 0 Å². The van der Waals surface area contributed by atoms with E-state index in [0.29, 0.717) is 0 Å². The molecule has 2 N–H and O–H groups in total. The highest BCUT2D eigenvalue weighted by atomic mass is 16.7. The van der Waals surface area contributed by atoms with E-state index in [0.717, 1.165) is 16.7 Å². The summed E-state index contributed by atoms with van der Waals surface area (Å²) in [6.45, 7) is 0.830. The summed E-state index contributed by atoms with van der Waals surface area (Å²) in [5.41, 5.74) is 2.89. The van der Waals surface area contributed by atoms with Crippen LogP contribution in [0.1, 0.15) is 16.7 Å². The van der Waals surface area contributed by atoms with Crippen molar-refractivity contribution in [2.75, 3.05) is 13.7 Å². The third kappa shape index (κ3) is 7.21. The number of hydrogen-bond acceptors (Lipinski definition) is 7. The minimum atomic E-state index is -1.33. The van der Waals surface area contributed by atoms with E-state index in [4.69, 9.17) is 23.7 Å². The van der Waals surface area contributed by atoms with Gasteiger partial charge >= 0.3 is 0 Å². The molecule has 0 radical (unpaired) electrons. The van der Waals surface area contributed by atoms with Crippen LogP contribution in [0.2, 0.25) is 0 Å². The Balaban J connectivity index is 1.59. The molecule has 1 saturated heterocycles. The number of rotatable bonds is 12. The highest BCUT2D eigenvalue weighted by Crippen LogP contribution is 2.31. The lowest BCUT2D eigenvalue weighted by Gasteiger charge is -2.45. The third-order valence-corrected chi connectivity index (χ3v) is 6.12. The SMILES string of the molecule is COC[C@H](O)[C@H]1O[C@@H](O)[C@H](OCc2ccccc2)[C@H](OCc2ccccc2)[C@@H]1OCc1ccccc1. The lowest BCUT2D eigenvalue weighted by molar-refractivity contribution is -0.325. The van der Waals surface area contributed by atoms with Gasteiger partial charge in [-0.05, 0) is 16.7 Å². The molecule has 7 heteroatoms. The van der Waals surface area contributed by atoms with Crippen LogP contribution in [0.4, 0.5) is 0 Å². The Bertz CT molecular complexity index is 1000. The van der Waals surface area contributed by atoms with Crippen LogP contribution in [0.5, 0.6) is 0 Å². The van der Waals surface area contributed by atoms with Crippen LogP contribution in [0.3, 0.4) is 0 Å². The molecular weight excluding hydrogens is 460 g/mol. The zero-order valence-electron chi connectivity index (χ0n) is 20.4. The number of methoxy groups -OCH3 is 1. The molecule has 0 amide bonds. The van der Waals surface area contributed by atoms with E-state index in [2.05, 4.69) is 0 Å². The summed E-state index contributed by atoms with van der Waals surface area (Å²) in [5, 5.41) is 21.8. The van der Waals surface area contributed by atoms with Gasteiger partial charge in [-0.3, -0.25) is 0 Å². The Hall–Kier alpha value is -2.62. The average molecular weight is 495 g/mol. The minimum Gasteiger partial charge on any atom is -0.388 e. The van der Waals surface area contributed by atoms with Gasteiger partial charge in [-0.2, -0.15) is 0 Å². The lowest BCUT2D eigenvalue weighted by atomic mass is 9.94. The van der Waals surface area contributed by atoms with Crippen LogP contribution in [-0.2, 0) is 43.5 Å². The van der Waals surface area contributed by atoms with Gasteiger partial charge in [0, 0.05) is 7.11 Å². The first kappa shape index (κ1) is 26.4. The van der Waals surface area contributed by atoms with Crippen LogP contribution in [0, 0.1) is 0 Å². The first-order chi connectivity index (χ1) is 17.7. The molecule has 36 heavy (non-hydrogen) atoms. The number of ether oxygens (including phenoxy) is 5. The highest BCUT2D eigenvalue weighted by molar-refractivity contribution is 5.15. The molecule has 6 atom stereocenters. The summed E-state index contributed by atoms with van der Waals surface area (Å²) in [7, 11) is 1.50. The van der Waals surface area contributed by atoms with Crippen molar-refractivity contribution >= 4 is 0 Å². The van der Waals surface area contributed by atoms with E-state index in [-0.39, 0.29) is 26.4 Å². The predicted molar refractivity (Wildman–Crippen MR) is 134 cm³/mol. The molecule has 1 aliphatic rings. The molecular formula is C29H34O7. The molecule has 1 aliphatic heterocycles. The molecule has 192 valence electrons. The Kier molecular flexibility index (Phi) is 10.0. The number of aliphatic hydroxyl groups is 2. The first-order valence-corrected chi connectivity index (χ1v) is 12.1. The Morgan fingerprint density at radius 1 is 0.667 bits per heavy atom. The van der Waals surface area contributed by atoms with E-state index in [1.54, 1.807) is 0 Å². The quantitative estimate of drug-likeness (QED) is 0.399. The second-order valence-electron chi connectivity index (χ2n) is 8.80. The molecule has 3 aromatic rings. The molecule has 0 spiro atoms. The predicted octanol–water partition coefficient (Wildman–Crippen LogP) is 3.47. The first-order valence-electron chi connectivity index (χ1n) is 12.1. The standard InChI is InChI=1S/C29H34O7/c1-32-20-24(30)25-26(33-17-21-11-5-2-6-12-21)27(34-18-22-13-7-3-8-14-22)28(29(31)36-25)35-19-23-15-9-4-10-16-23/h2-16,24-31H,17-20H2,1H3/t24-,25+,26+,27+,28+,29+/m0/s1. The smallest absolute Gasteiger partial charge is 0.184 e. The van der Waals surface area contributed by atoms with Gasteiger partial charge < -0.3 is 33.9 Å². The fourth-order valence-electron chi connectivity index (χ4n) is 4.28. The van der Waals surface area contributed by atoms with Crippen molar-refractivity contribution in [3.8, 4) is 0 Å². The van der Waals surface area contributed by atoms with Gasteiger partial charge in [0.25, 0.3) is 0 Å². The summed E-state index contributed by atoms with van der Waals surface area (Å²) in [5.74, 6) is 0. The van der Waals surface area contributed by atoms with E-state index < -0.39 is 36.8 Å². The Morgan fingerprint density at radius 2 is 1.08 bits per heavy atom. The van der Waals surface area contributed by atoms with Gasteiger partial charge in [-0.15, -0.1) is 0 Å². The second-order valence-corrected chi connectivity index (χ2v) is 8.80. The number of hydrogen-bond donors (Lipinski definition) is 2. The summed E-state index contributed by atoms with van der Waals surface area (Å²) in [6.07, 6.45) is -5.56. The van der Waals surface area contributed by atoms with E-state index >= 15 is 0 Å². The summed E-state index contributed by atoms with van der Waals surface area (Å²) in [4.78, 5) is 0. The van der Waals surface area contributed by atoms with Gasteiger partial charge in [0.1, 0.15) is 30.5 Å². The fraction of sp³-hybridized carbons (Fsp3) is 0.379. The van der Waals surface area contributed by atoms with Crippen molar-refractivity contribution in [2.45, 2.75) is 56.6 Å². The van der Waals surface area contributed by atoms with Gasteiger partial charge in [-0.1, -0.05) is 91.0 Å². The molecule has 0 aliphatic carbocycles. The number of benzene rings is 3. The van der Waals surface area contributed by atoms with Crippen molar-refractivity contribution in [1.82, 2.24) is 0 Å². The molecule has 0 unspecified atom stereocenters. The molecule has 1 fully saturated rings. The van der Waals surface area contributed by atoms with Crippen LogP contribution in [0.15, 0.2) is 91.0 Å². The normalized spacial score (nSPS) is 24.9. The van der Waals surface area contributed by atoms with Crippen LogP contribution >= 0.6 is 0 Å². The molecule has 3 aromatic carbocycles. The molecule has 4 rings (SSSR count). The summed E-state index contributed by atoms with van der Waals surface area (Å²) < 4.78 is 29.9. The summed E-state index contributed by atoms with van der Waals surface area (Å²) >= 11 is 0. The molecule has 0 aromatic heterocycles. The van der Waals surface area contributed by atoms with E-state index in [1.807, 2.05) is 91.0 Å². The maximum absolute atomic E-state index is 11.0. The molecule has 7 nitrogen and oxygen atoms in total. The summed E-state index contributed by atoms with van der Waals surface area (Å²) in [6, 6.07) is 29.2. The van der Waals surface area contributed by atoms with E-state index in [1.165, 1.54) is 7.11 Å². The highest BCUT2D eigenvalue weighted by Gasteiger charge is 2.50. The average Bonchev–Trinajstić information content (AvgIpc) is 2.92.